The lowest BCUT2D eigenvalue weighted by Crippen LogP contribution is -2.33. The summed E-state index contributed by atoms with van der Waals surface area (Å²) in [5.74, 6) is -1.13. The van der Waals surface area contributed by atoms with Gasteiger partial charge in [0, 0.05) is 0 Å². The summed E-state index contributed by atoms with van der Waals surface area (Å²) >= 11 is 0. The Hall–Kier alpha value is -3.22. The van der Waals surface area contributed by atoms with E-state index in [0.717, 1.165) is 0 Å². The Kier molecular flexibility index (Phi) is 8.15. The van der Waals surface area contributed by atoms with Gasteiger partial charge in [0.05, 0.1) is 12.1 Å². The Labute approximate surface area is 185 Å². The van der Waals surface area contributed by atoms with E-state index in [1.807, 2.05) is 0 Å². The number of rotatable bonds is 6. The average molecular weight is 426 g/mol. The van der Waals surface area contributed by atoms with Gasteiger partial charge in [-0.1, -0.05) is 91.9 Å². The van der Waals surface area contributed by atoms with E-state index < -0.39 is 13.2 Å². The molecule has 4 aromatic carbocycles. The predicted molar refractivity (Wildman–Crippen MR) is 131 cm³/mol. The largest absolute Gasteiger partial charge is 0.545 e. The lowest BCUT2D eigenvalue weighted by Gasteiger charge is -2.27. The Morgan fingerprint density at radius 1 is 0.613 bits per heavy atom. The van der Waals surface area contributed by atoms with Crippen molar-refractivity contribution < 1.29 is 9.90 Å². The van der Waals surface area contributed by atoms with Crippen LogP contribution in [0.1, 0.15) is 23.7 Å². The van der Waals surface area contributed by atoms with Gasteiger partial charge < -0.3 is 9.90 Å². The summed E-state index contributed by atoms with van der Waals surface area (Å²) in [5.41, 5.74) is 0.220. The van der Waals surface area contributed by atoms with Crippen molar-refractivity contribution in [2.24, 2.45) is 0 Å². The predicted octanol–water partition coefficient (Wildman–Crippen LogP) is 4.44. The van der Waals surface area contributed by atoms with Gasteiger partial charge in [-0.05, 0) is 48.4 Å². The molecular weight excluding hydrogens is 399 g/mol. The summed E-state index contributed by atoms with van der Waals surface area (Å²) in [6.45, 7) is 2.30. The number of hydrogen-bond donors (Lipinski definition) is 0. The van der Waals surface area contributed by atoms with Gasteiger partial charge in [0.25, 0.3) is 0 Å². The molecule has 0 heterocycles. The van der Waals surface area contributed by atoms with Crippen LogP contribution in [0.25, 0.3) is 0 Å². The van der Waals surface area contributed by atoms with Crippen molar-refractivity contribution in [2.45, 2.75) is 13.3 Å². The molecule has 0 aliphatic rings. The van der Waals surface area contributed by atoms with E-state index in [0.29, 0.717) is 0 Å². The normalized spacial score (nSPS) is 10.6. The van der Waals surface area contributed by atoms with Crippen molar-refractivity contribution in [3.8, 4) is 0 Å². The summed E-state index contributed by atoms with van der Waals surface area (Å²) in [7, 11) is -1.55. The summed E-state index contributed by atoms with van der Waals surface area (Å²) in [6, 6.07) is 41.3. The third kappa shape index (κ3) is 5.48. The van der Waals surface area contributed by atoms with Crippen LogP contribution < -0.4 is 21.0 Å². The molecule has 4 aromatic rings. The molecular formula is C28H27O2P. The van der Waals surface area contributed by atoms with E-state index >= 15 is 0 Å². The first-order valence-electron chi connectivity index (χ1n) is 10.5. The minimum atomic E-state index is -1.55. The molecule has 0 spiro atoms. The molecule has 0 radical (unpaired) electrons. The number of benzene rings is 4. The van der Waals surface area contributed by atoms with Gasteiger partial charge in [0.1, 0.15) is 23.2 Å². The van der Waals surface area contributed by atoms with E-state index in [1.54, 1.807) is 18.2 Å². The molecule has 2 nitrogen and oxygen atoms in total. The second-order valence-corrected chi connectivity index (χ2v) is 10.8. The minimum absolute atomic E-state index is 0.220. The van der Waals surface area contributed by atoms with E-state index in [4.69, 9.17) is 0 Å². The van der Waals surface area contributed by atoms with Gasteiger partial charge in [0.15, 0.2) is 0 Å². The zero-order valence-corrected chi connectivity index (χ0v) is 18.6. The number of carbonyl (C=O) groups is 1. The fourth-order valence-electron chi connectivity index (χ4n) is 3.79. The van der Waals surface area contributed by atoms with Gasteiger partial charge in [-0.2, -0.15) is 0 Å². The van der Waals surface area contributed by atoms with Crippen LogP contribution in [0, 0.1) is 0 Å². The lowest BCUT2D eigenvalue weighted by atomic mass is 10.2. The summed E-state index contributed by atoms with van der Waals surface area (Å²) in [4.78, 5) is 10.1. The van der Waals surface area contributed by atoms with Crippen molar-refractivity contribution >= 4 is 29.1 Å². The van der Waals surface area contributed by atoms with Crippen LogP contribution in [-0.4, -0.2) is 12.1 Å². The quantitative estimate of drug-likeness (QED) is 0.428. The zero-order valence-electron chi connectivity index (χ0n) is 17.7. The molecule has 0 saturated carbocycles. The van der Waals surface area contributed by atoms with Crippen molar-refractivity contribution in [3.63, 3.8) is 0 Å². The maximum atomic E-state index is 10.1. The SMILES string of the molecule is CCC[P+](c1ccccc1)(c1ccccc1)c1ccccc1.O=C([O-])c1ccccc1. The Balaban J connectivity index is 0.000000254. The highest BCUT2D eigenvalue weighted by Gasteiger charge is 2.43. The first-order valence-corrected chi connectivity index (χ1v) is 12.5. The number of carboxylic acid groups (broad SMARTS) is 1. The van der Waals surface area contributed by atoms with Crippen molar-refractivity contribution in [3.05, 3.63) is 127 Å². The molecule has 0 aliphatic carbocycles. The molecule has 31 heavy (non-hydrogen) atoms. The van der Waals surface area contributed by atoms with Gasteiger partial charge >= 0.3 is 0 Å². The summed E-state index contributed by atoms with van der Waals surface area (Å²) in [5, 5.41) is 14.5. The molecule has 0 bridgehead atoms. The standard InChI is InChI=1S/C21H22P.C7H6O2/c1-2-18-22(19-12-6-3-7-13-19,20-14-8-4-9-15-20)21-16-10-5-11-17-21;8-7(9)6-4-2-1-3-5-6/h3-17H,2,18H2,1H3;1-5H,(H,8,9)/q+1;/p-1. The molecule has 0 fully saturated rings. The van der Waals surface area contributed by atoms with Crippen LogP contribution in [0.15, 0.2) is 121 Å². The van der Waals surface area contributed by atoms with Gasteiger partial charge in [-0.15, -0.1) is 0 Å². The molecule has 0 unspecified atom stereocenters. The molecule has 4 rings (SSSR count). The average Bonchev–Trinajstić information content (AvgIpc) is 2.85. The van der Waals surface area contributed by atoms with Gasteiger partial charge in [0.2, 0.25) is 0 Å². The maximum absolute atomic E-state index is 10.1. The number of carboxylic acids is 1. The minimum Gasteiger partial charge on any atom is -0.545 e. The molecule has 0 aromatic heterocycles. The lowest BCUT2D eigenvalue weighted by molar-refractivity contribution is -0.255. The van der Waals surface area contributed by atoms with Crippen LogP contribution in [0.5, 0.6) is 0 Å². The first kappa shape index (κ1) is 22.5. The molecule has 0 atom stereocenters. The molecule has 156 valence electrons. The Morgan fingerprint density at radius 2 is 0.935 bits per heavy atom. The van der Waals surface area contributed by atoms with Crippen LogP contribution in [0.2, 0.25) is 0 Å². The van der Waals surface area contributed by atoms with E-state index in [1.165, 1.54) is 40.6 Å². The van der Waals surface area contributed by atoms with Gasteiger partial charge in [-0.25, -0.2) is 0 Å². The highest BCUT2D eigenvalue weighted by molar-refractivity contribution is 7.95. The highest BCUT2D eigenvalue weighted by Crippen LogP contribution is 2.55. The second-order valence-electron chi connectivity index (χ2n) is 7.19. The number of aromatic carboxylic acids is 1. The van der Waals surface area contributed by atoms with Crippen molar-refractivity contribution in [1.29, 1.82) is 0 Å². The van der Waals surface area contributed by atoms with Crippen LogP contribution >= 0.6 is 7.26 Å². The molecule has 0 saturated heterocycles. The molecule has 0 amide bonds. The van der Waals surface area contributed by atoms with E-state index in [-0.39, 0.29) is 5.56 Å². The summed E-state index contributed by atoms with van der Waals surface area (Å²) < 4.78 is 0. The number of hydrogen-bond acceptors (Lipinski definition) is 2. The van der Waals surface area contributed by atoms with E-state index in [9.17, 15) is 9.90 Å². The highest BCUT2D eigenvalue weighted by atomic mass is 31.2. The van der Waals surface area contributed by atoms with Crippen LogP contribution in [0.3, 0.4) is 0 Å². The first-order chi connectivity index (χ1) is 15.2. The Bertz CT molecular complexity index is 953. The second kappa shape index (κ2) is 11.2. The van der Waals surface area contributed by atoms with E-state index in [2.05, 4.69) is 97.9 Å². The van der Waals surface area contributed by atoms with Crippen molar-refractivity contribution in [2.75, 3.05) is 6.16 Å². The van der Waals surface area contributed by atoms with Crippen LogP contribution in [0.4, 0.5) is 0 Å². The fourth-order valence-corrected chi connectivity index (χ4v) is 8.17. The Morgan fingerprint density at radius 3 is 1.19 bits per heavy atom. The molecule has 3 heteroatoms. The third-order valence-corrected chi connectivity index (χ3v) is 9.82. The zero-order chi connectivity index (χ0) is 21.9. The monoisotopic (exact) mass is 426 g/mol. The molecule has 0 aliphatic heterocycles. The fraction of sp³-hybridized carbons (Fsp3) is 0.107. The third-order valence-electron chi connectivity index (χ3n) is 5.16. The topological polar surface area (TPSA) is 40.1 Å². The number of carbonyl (C=O) groups excluding carboxylic acids is 1. The smallest absolute Gasteiger partial charge is 0.112 e. The van der Waals surface area contributed by atoms with Crippen LogP contribution in [-0.2, 0) is 0 Å². The summed E-state index contributed by atoms with van der Waals surface area (Å²) in [6.07, 6.45) is 2.40. The maximum Gasteiger partial charge on any atom is 0.112 e. The van der Waals surface area contributed by atoms with Crippen molar-refractivity contribution in [1.82, 2.24) is 0 Å². The molecule has 0 N–H and O–H groups in total. The van der Waals surface area contributed by atoms with Gasteiger partial charge in [-0.3, -0.25) is 0 Å².